The molecule has 8 nitrogen and oxygen atoms in total. The van der Waals surface area contributed by atoms with Crippen molar-refractivity contribution in [2.24, 2.45) is 0 Å². The summed E-state index contributed by atoms with van der Waals surface area (Å²) in [6.45, 7) is 1.06. The summed E-state index contributed by atoms with van der Waals surface area (Å²) in [5.74, 6) is -0.215. The van der Waals surface area contributed by atoms with Crippen molar-refractivity contribution in [3.05, 3.63) is 59.1 Å². The van der Waals surface area contributed by atoms with Crippen LogP contribution in [0.4, 0.5) is 4.79 Å². The van der Waals surface area contributed by atoms with E-state index < -0.39 is 18.0 Å². The lowest BCUT2D eigenvalue weighted by Crippen LogP contribution is -2.37. The van der Waals surface area contributed by atoms with Gasteiger partial charge in [-0.25, -0.2) is 4.79 Å². The lowest BCUT2D eigenvalue weighted by Gasteiger charge is -2.12. The second-order valence-electron chi connectivity index (χ2n) is 6.77. The number of fused-ring (bicyclic) bond motifs is 1. The number of halogens is 1. The topological polar surface area (TPSA) is 96.6 Å². The first-order chi connectivity index (χ1) is 14.0. The molecule has 2 N–H and O–H groups in total. The van der Waals surface area contributed by atoms with Crippen LogP contribution < -0.4 is 10.6 Å². The zero-order chi connectivity index (χ0) is 20.4. The van der Waals surface area contributed by atoms with E-state index >= 15 is 0 Å². The van der Waals surface area contributed by atoms with Gasteiger partial charge in [-0.2, -0.15) is 0 Å². The minimum absolute atomic E-state index is 0.0477. The highest BCUT2D eigenvalue weighted by molar-refractivity contribution is 9.10. The third-order valence-corrected chi connectivity index (χ3v) is 5.29. The summed E-state index contributed by atoms with van der Waals surface area (Å²) >= 11 is 3.47. The van der Waals surface area contributed by atoms with Crippen molar-refractivity contribution in [2.45, 2.75) is 25.6 Å². The van der Waals surface area contributed by atoms with Gasteiger partial charge in [0.25, 0.3) is 5.91 Å². The number of nitrogens with zero attached hydrogens (tertiary/aromatic N) is 2. The Morgan fingerprint density at radius 3 is 2.90 bits per heavy atom. The van der Waals surface area contributed by atoms with Crippen LogP contribution in [0, 0.1) is 0 Å². The van der Waals surface area contributed by atoms with Crippen LogP contribution in [-0.4, -0.2) is 39.9 Å². The molecule has 29 heavy (non-hydrogen) atoms. The molecule has 1 fully saturated rings. The van der Waals surface area contributed by atoms with Gasteiger partial charge in [-0.05, 0) is 35.7 Å². The fourth-order valence-electron chi connectivity index (χ4n) is 3.35. The van der Waals surface area contributed by atoms with E-state index in [0.29, 0.717) is 18.8 Å². The van der Waals surface area contributed by atoms with Crippen molar-refractivity contribution in [3.63, 3.8) is 0 Å². The van der Waals surface area contributed by atoms with Gasteiger partial charge < -0.3 is 19.6 Å². The minimum atomic E-state index is -0.860. The van der Waals surface area contributed by atoms with Gasteiger partial charge in [0.1, 0.15) is 11.8 Å². The third-order valence-electron chi connectivity index (χ3n) is 4.80. The Bertz CT molecular complexity index is 1060. The van der Waals surface area contributed by atoms with Crippen LogP contribution in [-0.2, 0) is 22.7 Å². The summed E-state index contributed by atoms with van der Waals surface area (Å²) in [6, 6.07) is 10.0. The van der Waals surface area contributed by atoms with E-state index in [2.05, 4.69) is 26.6 Å². The van der Waals surface area contributed by atoms with E-state index in [1.165, 1.54) is 6.26 Å². The molecular weight excluding hydrogens is 440 g/mol. The number of carbonyl (C=O) groups excluding carboxylic acids is 3. The average Bonchev–Trinajstić information content (AvgIpc) is 3.40. The second kappa shape index (κ2) is 8.12. The van der Waals surface area contributed by atoms with Crippen LogP contribution >= 0.6 is 15.9 Å². The Balaban J connectivity index is 1.29. The van der Waals surface area contributed by atoms with Gasteiger partial charge in [0.2, 0.25) is 5.91 Å². The number of urea groups is 1. The highest BCUT2D eigenvalue weighted by atomic mass is 79.9. The van der Waals surface area contributed by atoms with E-state index in [4.69, 9.17) is 4.42 Å². The molecule has 1 aliphatic heterocycles. The molecule has 1 aromatic carbocycles. The smallest absolute Gasteiger partial charge is 0.325 e. The molecule has 3 heterocycles. The van der Waals surface area contributed by atoms with Gasteiger partial charge in [0.05, 0.1) is 19.2 Å². The number of benzene rings is 1. The maximum atomic E-state index is 12.4. The number of hydrogen-bond donors (Lipinski definition) is 2. The Kier molecular flexibility index (Phi) is 5.39. The zero-order valence-corrected chi connectivity index (χ0v) is 17.0. The molecule has 0 spiro atoms. The monoisotopic (exact) mass is 458 g/mol. The van der Waals surface area contributed by atoms with Crippen LogP contribution in [0.5, 0.6) is 0 Å². The van der Waals surface area contributed by atoms with Crippen molar-refractivity contribution >= 4 is 44.7 Å². The number of furan rings is 1. The van der Waals surface area contributed by atoms with Gasteiger partial charge in [-0.1, -0.05) is 22.0 Å². The molecule has 4 rings (SSSR count). The van der Waals surface area contributed by atoms with Crippen molar-refractivity contribution in [2.75, 3.05) is 6.54 Å². The summed E-state index contributed by atoms with van der Waals surface area (Å²) in [5.41, 5.74) is 1.07. The molecule has 2 aromatic heterocycles. The summed E-state index contributed by atoms with van der Waals surface area (Å²) in [7, 11) is 0. The molecule has 9 heteroatoms. The molecule has 0 aliphatic carbocycles. The first kappa shape index (κ1) is 19.3. The highest BCUT2D eigenvalue weighted by Gasteiger charge is 2.39. The van der Waals surface area contributed by atoms with Crippen LogP contribution in [0.1, 0.15) is 12.2 Å². The summed E-state index contributed by atoms with van der Waals surface area (Å²) in [4.78, 5) is 37.8. The highest BCUT2D eigenvalue weighted by Crippen LogP contribution is 2.20. The Labute approximate surface area is 175 Å². The fraction of sp³-hybridized carbons (Fsp3) is 0.250. The average molecular weight is 459 g/mol. The van der Waals surface area contributed by atoms with Crippen LogP contribution in [0.3, 0.4) is 0 Å². The van der Waals surface area contributed by atoms with E-state index in [1.54, 1.807) is 12.1 Å². The van der Waals surface area contributed by atoms with Gasteiger partial charge >= 0.3 is 6.03 Å². The Morgan fingerprint density at radius 1 is 1.24 bits per heavy atom. The number of amides is 4. The SMILES string of the molecule is O=C(CC1NC(=O)N(Cc2ccco2)C1=O)NCCn1ccc2ccc(Br)cc21. The van der Waals surface area contributed by atoms with Crippen LogP contribution in [0.2, 0.25) is 0 Å². The molecule has 1 saturated heterocycles. The number of carbonyl (C=O) groups is 3. The summed E-state index contributed by atoms with van der Waals surface area (Å²) in [6.07, 6.45) is 3.35. The third kappa shape index (κ3) is 4.19. The molecule has 0 bridgehead atoms. The number of imide groups is 1. The molecule has 0 radical (unpaired) electrons. The van der Waals surface area contributed by atoms with Crippen molar-refractivity contribution in [1.29, 1.82) is 0 Å². The van der Waals surface area contributed by atoms with Crippen molar-refractivity contribution in [1.82, 2.24) is 20.1 Å². The summed E-state index contributed by atoms with van der Waals surface area (Å²) in [5, 5.41) is 6.49. The van der Waals surface area contributed by atoms with Crippen molar-refractivity contribution in [3.8, 4) is 0 Å². The van der Waals surface area contributed by atoms with Crippen molar-refractivity contribution < 1.29 is 18.8 Å². The van der Waals surface area contributed by atoms with Gasteiger partial charge in [-0.15, -0.1) is 0 Å². The first-order valence-electron chi connectivity index (χ1n) is 9.16. The number of rotatable bonds is 7. The number of aromatic nitrogens is 1. The maximum Gasteiger partial charge on any atom is 0.325 e. The molecule has 4 amide bonds. The molecule has 0 saturated carbocycles. The fourth-order valence-corrected chi connectivity index (χ4v) is 3.70. The molecule has 1 atom stereocenters. The minimum Gasteiger partial charge on any atom is -0.467 e. The predicted molar refractivity (Wildman–Crippen MR) is 109 cm³/mol. The largest absolute Gasteiger partial charge is 0.467 e. The van der Waals surface area contributed by atoms with E-state index in [-0.39, 0.29) is 18.9 Å². The van der Waals surface area contributed by atoms with Gasteiger partial charge in [0.15, 0.2) is 0 Å². The van der Waals surface area contributed by atoms with E-state index in [9.17, 15) is 14.4 Å². The van der Waals surface area contributed by atoms with E-state index in [0.717, 1.165) is 20.3 Å². The lowest BCUT2D eigenvalue weighted by molar-refractivity contribution is -0.131. The summed E-state index contributed by atoms with van der Waals surface area (Å²) < 4.78 is 8.22. The van der Waals surface area contributed by atoms with Crippen LogP contribution in [0.15, 0.2) is 57.7 Å². The first-order valence-corrected chi connectivity index (χ1v) is 9.96. The number of nitrogens with one attached hydrogen (secondary N) is 2. The van der Waals surface area contributed by atoms with Crippen LogP contribution in [0.25, 0.3) is 10.9 Å². The second-order valence-corrected chi connectivity index (χ2v) is 7.69. The molecule has 150 valence electrons. The van der Waals surface area contributed by atoms with E-state index in [1.807, 2.05) is 35.0 Å². The Morgan fingerprint density at radius 2 is 2.10 bits per heavy atom. The zero-order valence-electron chi connectivity index (χ0n) is 15.4. The van der Waals surface area contributed by atoms with Gasteiger partial charge in [0, 0.05) is 29.3 Å². The quantitative estimate of drug-likeness (QED) is 0.531. The normalized spacial score (nSPS) is 16.4. The molecular formula is C20H19BrN4O4. The molecule has 1 aliphatic rings. The lowest BCUT2D eigenvalue weighted by atomic mass is 10.2. The number of hydrogen-bond acceptors (Lipinski definition) is 4. The maximum absolute atomic E-state index is 12.4. The standard InChI is InChI=1S/C20H19BrN4O4/c21-14-4-3-13-5-7-24(17(13)10-14)8-6-22-18(26)11-16-19(27)25(20(28)23-16)12-15-2-1-9-29-15/h1-5,7,9-10,16H,6,8,11-12H2,(H,22,26)(H,23,28). The molecule has 1 unspecified atom stereocenters. The Hall–Kier alpha value is -3.07. The molecule has 3 aromatic rings. The van der Waals surface area contributed by atoms with Gasteiger partial charge in [-0.3, -0.25) is 14.5 Å². The predicted octanol–water partition coefficient (Wildman–Crippen LogP) is 2.62.